The van der Waals surface area contributed by atoms with Crippen molar-refractivity contribution in [2.75, 3.05) is 16.3 Å². The van der Waals surface area contributed by atoms with E-state index in [1.54, 1.807) is 53.4 Å². The van der Waals surface area contributed by atoms with Crippen molar-refractivity contribution in [1.29, 1.82) is 5.26 Å². The van der Waals surface area contributed by atoms with E-state index in [0.717, 1.165) is 0 Å². The summed E-state index contributed by atoms with van der Waals surface area (Å²) < 4.78 is 0. The van der Waals surface area contributed by atoms with E-state index in [0.29, 0.717) is 46.1 Å². The Bertz CT molecular complexity index is 1360. The molecule has 162 valence electrons. The summed E-state index contributed by atoms with van der Waals surface area (Å²) in [5.74, 6) is 2.06. The lowest BCUT2D eigenvalue weighted by Crippen LogP contribution is -2.52. The number of nitrogens with zero attached hydrogens (tertiary/aromatic N) is 3. The van der Waals surface area contributed by atoms with Crippen LogP contribution in [0, 0.1) is 23.7 Å². The summed E-state index contributed by atoms with van der Waals surface area (Å²) in [6, 6.07) is 16.3. The van der Waals surface area contributed by atoms with Gasteiger partial charge in [0, 0.05) is 39.7 Å². The maximum absolute atomic E-state index is 14.1. The fourth-order valence-corrected chi connectivity index (χ4v) is 5.39. The third-order valence-corrected chi connectivity index (χ3v) is 6.76. The third kappa shape index (κ3) is 2.68. The third-order valence-electron chi connectivity index (χ3n) is 6.51. The number of amides is 1. The molecule has 0 saturated carbocycles. The maximum Gasteiger partial charge on any atom is 0.248 e. The number of fused-ring (bicyclic) bond motifs is 3. The van der Waals surface area contributed by atoms with Crippen LogP contribution in [0.25, 0.3) is 0 Å². The summed E-state index contributed by atoms with van der Waals surface area (Å²) in [7, 11) is 0. The van der Waals surface area contributed by atoms with E-state index in [1.807, 2.05) is 0 Å². The molecule has 3 aliphatic rings. The second kappa shape index (κ2) is 7.55. The number of anilines is 2. The van der Waals surface area contributed by atoms with Gasteiger partial charge in [-0.3, -0.25) is 19.4 Å². The predicted molar refractivity (Wildman–Crippen MR) is 126 cm³/mol. The van der Waals surface area contributed by atoms with Crippen molar-refractivity contribution in [3.63, 3.8) is 0 Å². The van der Waals surface area contributed by atoms with Gasteiger partial charge in [-0.05, 0) is 43.2 Å². The quantitative estimate of drug-likeness (QED) is 0.697. The Morgan fingerprint density at radius 3 is 2.55 bits per heavy atom. The maximum atomic E-state index is 14.1. The highest BCUT2D eigenvalue weighted by molar-refractivity contribution is 6.30. The number of nitriles is 1. The van der Waals surface area contributed by atoms with Gasteiger partial charge < -0.3 is 5.73 Å². The first-order valence-corrected chi connectivity index (χ1v) is 10.9. The average molecular weight is 455 g/mol. The summed E-state index contributed by atoms with van der Waals surface area (Å²) >= 11 is 6.08. The van der Waals surface area contributed by atoms with Crippen molar-refractivity contribution < 1.29 is 9.59 Å². The number of allylic oxidation sites excluding steroid dienone is 1. The Kier molecular flexibility index (Phi) is 4.78. The van der Waals surface area contributed by atoms with Crippen molar-refractivity contribution in [2.24, 2.45) is 5.73 Å². The zero-order valence-corrected chi connectivity index (χ0v) is 18.4. The zero-order valence-electron chi connectivity index (χ0n) is 17.6. The number of nitrogens with two attached hydrogens (primary N) is 1. The number of carbonyl (C=O) groups is 2. The molecule has 2 N–H and O–H groups in total. The van der Waals surface area contributed by atoms with Gasteiger partial charge in [0.25, 0.3) is 0 Å². The zero-order chi connectivity index (χ0) is 23.3. The number of hydrogen-bond acceptors (Lipinski definition) is 5. The van der Waals surface area contributed by atoms with Gasteiger partial charge in [0.1, 0.15) is 17.3 Å². The molecule has 7 heteroatoms. The van der Waals surface area contributed by atoms with Crippen LogP contribution in [0.2, 0.25) is 5.02 Å². The molecule has 2 aliphatic heterocycles. The van der Waals surface area contributed by atoms with Gasteiger partial charge >= 0.3 is 0 Å². The molecule has 5 rings (SSSR count). The molecule has 2 heterocycles. The highest BCUT2D eigenvalue weighted by Gasteiger charge is 2.62. The van der Waals surface area contributed by atoms with Crippen molar-refractivity contribution in [3.05, 3.63) is 81.8 Å². The van der Waals surface area contributed by atoms with E-state index in [9.17, 15) is 14.9 Å². The van der Waals surface area contributed by atoms with Crippen LogP contribution in [0.5, 0.6) is 0 Å². The monoisotopic (exact) mass is 454 g/mol. The van der Waals surface area contributed by atoms with Gasteiger partial charge in [0.2, 0.25) is 5.91 Å². The Morgan fingerprint density at radius 2 is 1.85 bits per heavy atom. The van der Waals surface area contributed by atoms with Crippen LogP contribution in [0.1, 0.15) is 24.8 Å². The Hall–Kier alpha value is -4.00. The number of Topliss-reactive ketones (excluding diaryl/α,β-unsaturated/α-hetero) is 1. The van der Waals surface area contributed by atoms with E-state index in [2.05, 4.69) is 12.0 Å². The smallest absolute Gasteiger partial charge is 0.248 e. The van der Waals surface area contributed by atoms with Crippen molar-refractivity contribution >= 4 is 34.7 Å². The number of ketones is 1. The van der Waals surface area contributed by atoms with E-state index in [4.69, 9.17) is 23.8 Å². The largest absolute Gasteiger partial charge is 0.384 e. The molecule has 0 fully saturated rings. The lowest BCUT2D eigenvalue weighted by molar-refractivity contribution is -0.124. The van der Waals surface area contributed by atoms with E-state index >= 15 is 0 Å². The normalized spacial score (nSPS) is 21.8. The molecular weight excluding hydrogens is 436 g/mol. The van der Waals surface area contributed by atoms with Gasteiger partial charge in [-0.1, -0.05) is 35.7 Å². The molecule has 1 amide bonds. The molecule has 1 spiro atoms. The molecule has 0 aromatic heterocycles. The molecule has 0 saturated heterocycles. The predicted octanol–water partition coefficient (Wildman–Crippen LogP) is 3.78. The summed E-state index contributed by atoms with van der Waals surface area (Å²) in [6.45, 7) is 0.0217. The number of benzene rings is 2. The van der Waals surface area contributed by atoms with E-state index in [1.165, 1.54) is 4.90 Å². The Labute approximate surface area is 196 Å². The van der Waals surface area contributed by atoms with Crippen LogP contribution in [-0.4, -0.2) is 18.2 Å². The number of halogens is 1. The topological polar surface area (TPSA) is 90.4 Å². The molecule has 1 aliphatic carbocycles. The average Bonchev–Trinajstić information content (AvgIpc) is 3.05. The van der Waals surface area contributed by atoms with Crippen LogP contribution in [0.3, 0.4) is 0 Å². The van der Waals surface area contributed by atoms with Crippen molar-refractivity contribution in [1.82, 2.24) is 0 Å². The highest BCUT2D eigenvalue weighted by atomic mass is 35.5. The lowest BCUT2D eigenvalue weighted by atomic mass is 9.64. The molecule has 33 heavy (non-hydrogen) atoms. The van der Waals surface area contributed by atoms with Crippen molar-refractivity contribution in [3.8, 4) is 18.4 Å². The number of rotatable bonds is 2. The minimum Gasteiger partial charge on any atom is -0.384 e. The van der Waals surface area contributed by atoms with E-state index in [-0.39, 0.29) is 30.1 Å². The summed E-state index contributed by atoms with van der Waals surface area (Å²) in [4.78, 5) is 30.8. The first-order valence-electron chi connectivity index (χ1n) is 10.5. The van der Waals surface area contributed by atoms with Gasteiger partial charge in [0.15, 0.2) is 5.78 Å². The van der Waals surface area contributed by atoms with Crippen LogP contribution in [-0.2, 0) is 15.0 Å². The van der Waals surface area contributed by atoms with Gasteiger partial charge in [0.05, 0.1) is 12.1 Å². The fourth-order valence-electron chi connectivity index (χ4n) is 5.26. The van der Waals surface area contributed by atoms with Gasteiger partial charge in [-0.15, -0.1) is 6.42 Å². The minimum absolute atomic E-state index is 0.0217. The molecule has 0 bridgehead atoms. The number of terminal acetylenes is 1. The fraction of sp³-hybridized carbons (Fsp3) is 0.192. The standard InChI is InChI=1S/C26H19ClN4O2/c1-2-14-30-20-7-4-3-6-18(20)26(25(30)33)19(15-28)24(29)31(17-12-10-16(27)11-13-17)21-8-5-9-22(32)23(21)26/h1,3-4,6-7,10-13H,5,8-9,14,29H2/t26-/m0/s1. The Morgan fingerprint density at radius 1 is 1.12 bits per heavy atom. The van der Waals surface area contributed by atoms with Gasteiger partial charge in [-0.25, -0.2) is 0 Å². The molecule has 0 radical (unpaired) electrons. The van der Waals surface area contributed by atoms with Crippen molar-refractivity contribution in [2.45, 2.75) is 24.7 Å². The summed E-state index contributed by atoms with van der Waals surface area (Å²) in [5.41, 5.74) is 7.83. The molecule has 1 atom stereocenters. The molecule has 0 unspecified atom stereocenters. The second-order valence-electron chi connectivity index (χ2n) is 8.14. The molecule has 6 nitrogen and oxygen atoms in total. The number of hydrogen-bond donors (Lipinski definition) is 1. The van der Waals surface area contributed by atoms with Crippen LogP contribution < -0.4 is 15.5 Å². The van der Waals surface area contributed by atoms with Crippen LogP contribution in [0.15, 0.2) is 71.2 Å². The SMILES string of the molecule is C#CCN1C(=O)[C@]2(C(C#N)=C(N)N(c3ccc(Cl)cc3)C3=C2C(=O)CCC3)c2ccccc21. The van der Waals surface area contributed by atoms with E-state index < -0.39 is 11.3 Å². The number of para-hydroxylation sites is 1. The Balaban J connectivity index is 1.88. The van der Waals surface area contributed by atoms with Crippen LogP contribution in [0.4, 0.5) is 11.4 Å². The summed E-state index contributed by atoms with van der Waals surface area (Å²) in [6.07, 6.45) is 7.01. The molecule has 2 aromatic carbocycles. The second-order valence-corrected chi connectivity index (χ2v) is 8.58. The van der Waals surface area contributed by atoms with Crippen LogP contribution >= 0.6 is 11.6 Å². The number of carbonyl (C=O) groups excluding carboxylic acids is 2. The minimum atomic E-state index is -1.61. The highest BCUT2D eigenvalue weighted by Crippen LogP contribution is 2.56. The first-order chi connectivity index (χ1) is 16.0. The molecular formula is C26H19ClN4O2. The summed E-state index contributed by atoms with van der Waals surface area (Å²) in [5, 5.41) is 10.9. The first kappa shape index (κ1) is 20.9. The van der Waals surface area contributed by atoms with Gasteiger partial charge in [-0.2, -0.15) is 5.26 Å². The molecule has 2 aromatic rings. The lowest BCUT2D eigenvalue weighted by Gasteiger charge is -2.43.